The van der Waals surface area contributed by atoms with Crippen LogP contribution in [0.4, 0.5) is 5.95 Å². The minimum atomic E-state index is -0.779. The number of anilines is 1. The van der Waals surface area contributed by atoms with E-state index in [2.05, 4.69) is 25.6 Å². The van der Waals surface area contributed by atoms with E-state index in [1.807, 2.05) is 54.6 Å². The number of rotatable bonds is 6. The van der Waals surface area contributed by atoms with Gasteiger partial charge in [0.15, 0.2) is 0 Å². The molecule has 0 fully saturated rings. The van der Waals surface area contributed by atoms with Crippen molar-refractivity contribution >= 4 is 28.8 Å². The second kappa shape index (κ2) is 8.35. The molecule has 4 rings (SSSR count). The Hall–Kier alpha value is -4.00. The summed E-state index contributed by atoms with van der Waals surface area (Å²) in [6, 6.07) is 19.6. The summed E-state index contributed by atoms with van der Waals surface area (Å²) in [7, 11) is 0. The summed E-state index contributed by atoms with van der Waals surface area (Å²) < 4.78 is 0. The van der Waals surface area contributed by atoms with Crippen molar-refractivity contribution in [1.82, 2.24) is 20.3 Å². The maximum Gasteiger partial charge on any atom is 0.253 e. The molecule has 0 aliphatic carbocycles. The number of imidazole rings is 1. The Morgan fingerprint density at radius 3 is 2.52 bits per heavy atom. The van der Waals surface area contributed by atoms with E-state index in [1.54, 1.807) is 18.3 Å². The van der Waals surface area contributed by atoms with Gasteiger partial charge in [-0.3, -0.25) is 19.9 Å². The predicted octanol–water partition coefficient (Wildman–Crippen LogP) is 2.94. The highest BCUT2D eigenvalue weighted by Crippen LogP contribution is 2.14. The van der Waals surface area contributed by atoms with Gasteiger partial charge in [-0.25, -0.2) is 4.98 Å². The van der Waals surface area contributed by atoms with Crippen LogP contribution in [-0.4, -0.2) is 32.8 Å². The predicted molar refractivity (Wildman–Crippen MR) is 110 cm³/mol. The second-order valence-electron chi connectivity index (χ2n) is 6.55. The van der Waals surface area contributed by atoms with Gasteiger partial charge in [0.2, 0.25) is 11.9 Å². The number of para-hydroxylation sites is 2. The van der Waals surface area contributed by atoms with E-state index in [1.165, 1.54) is 6.20 Å². The van der Waals surface area contributed by atoms with E-state index < -0.39 is 6.04 Å². The SMILES string of the molecule is O=C(N[C@@H](Cc1ccccc1)C(=O)Nc1nc2ccccc2[nH]1)c1cccnc1. The standard InChI is InChI=1S/C22H19N5O2/c28-20(16-9-6-12-23-14-16)24-19(13-15-7-2-1-3-8-15)21(29)27-22-25-17-10-4-5-11-18(17)26-22/h1-12,14,19H,13H2,(H,24,28)(H2,25,26,27,29)/t19-/m0/s1. The number of aromatic amines is 1. The molecular weight excluding hydrogens is 366 g/mol. The lowest BCUT2D eigenvalue weighted by Crippen LogP contribution is -2.45. The number of amides is 2. The third kappa shape index (κ3) is 4.47. The zero-order valence-corrected chi connectivity index (χ0v) is 15.5. The number of H-pyrrole nitrogens is 1. The highest BCUT2D eigenvalue weighted by atomic mass is 16.2. The van der Waals surface area contributed by atoms with Crippen LogP contribution in [0.2, 0.25) is 0 Å². The number of hydrogen-bond donors (Lipinski definition) is 3. The van der Waals surface area contributed by atoms with Gasteiger partial charge >= 0.3 is 0 Å². The van der Waals surface area contributed by atoms with Gasteiger partial charge in [-0.2, -0.15) is 0 Å². The molecule has 7 nitrogen and oxygen atoms in total. The van der Waals surface area contributed by atoms with Gasteiger partial charge in [0.1, 0.15) is 6.04 Å². The maximum atomic E-state index is 13.0. The summed E-state index contributed by atoms with van der Waals surface area (Å²) in [6.45, 7) is 0. The molecule has 144 valence electrons. The van der Waals surface area contributed by atoms with E-state index in [0.29, 0.717) is 17.9 Å². The van der Waals surface area contributed by atoms with Crippen LogP contribution in [0, 0.1) is 0 Å². The van der Waals surface area contributed by atoms with Crippen LogP contribution in [0.1, 0.15) is 15.9 Å². The summed E-state index contributed by atoms with van der Waals surface area (Å²) in [5.41, 5.74) is 2.90. The molecule has 0 saturated carbocycles. The van der Waals surface area contributed by atoms with Crippen LogP contribution in [0.3, 0.4) is 0 Å². The molecule has 0 spiro atoms. The molecule has 3 N–H and O–H groups in total. The number of carbonyl (C=O) groups excluding carboxylic acids is 2. The molecule has 7 heteroatoms. The number of aromatic nitrogens is 3. The first kappa shape index (κ1) is 18.4. The van der Waals surface area contributed by atoms with Crippen molar-refractivity contribution in [3.63, 3.8) is 0 Å². The number of pyridine rings is 1. The van der Waals surface area contributed by atoms with Crippen molar-refractivity contribution in [3.8, 4) is 0 Å². The molecule has 0 unspecified atom stereocenters. The Morgan fingerprint density at radius 1 is 0.966 bits per heavy atom. The monoisotopic (exact) mass is 385 g/mol. The zero-order valence-electron chi connectivity index (χ0n) is 15.5. The Morgan fingerprint density at radius 2 is 1.76 bits per heavy atom. The summed E-state index contributed by atoms with van der Waals surface area (Å²) >= 11 is 0. The number of benzene rings is 2. The fourth-order valence-corrected chi connectivity index (χ4v) is 3.01. The van der Waals surface area contributed by atoms with Crippen molar-refractivity contribution in [2.45, 2.75) is 12.5 Å². The highest BCUT2D eigenvalue weighted by molar-refractivity contribution is 6.01. The Balaban J connectivity index is 1.54. The largest absolute Gasteiger partial charge is 0.340 e. The van der Waals surface area contributed by atoms with Crippen molar-refractivity contribution in [3.05, 3.63) is 90.3 Å². The van der Waals surface area contributed by atoms with E-state index in [0.717, 1.165) is 16.6 Å². The highest BCUT2D eigenvalue weighted by Gasteiger charge is 2.23. The van der Waals surface area contributed by atoms with E-state index in [4.69, 9.17) is 0 Å². The molecule has 1 atom stereocenters. The maximum absolute atomic E-state index is 13.0. The van der Waals surface area contributed by atoms with Crippen molar-refractivity contribution in [2.75, 3.05) is 5.32 Å². The molecular formula is C22H19N5O2. The summed E-state index contributed by atoms with van der Waals surface area (Å²) in [5, 5.41) is 5.58. The van der Waals surface area contributed by atoms with Crippen LogP contribution >= 0.6 is 0 Å². The topological polar surface area (TPSA) is 99.8 Å². The average molecular weight is 385 g/mol. The molecule has 2 aromatic carbocycles. The average Bonchev–Trinajstić information content (AvgIpc) is 3.17. The van der Waals surface area contributed by atoms with Gasteiger partial charge in [-0.15, -0.1) is 0 Å². The molecule has 0 bridgehead atoms. The number of nitrogens with one attached hydrogen (secondary N) is 3. The van der Waals surface area contributed by atoms with E-state index >= 15 is 0 Å². The number of nitrogens with zero attached hydrogens (tertiary/aromatic N) is 2. The molecule has 29 heavy (non-hydrogen) atoms. The third-order valence-electron chi connectivity index (χ3n) is 4.46. The third-order valence-corrected chi connectivity index (χ3v) is 4.46. The lowest BCUT2D eigenvalue weighted by molar-refractivity contribution is -0.118. The summed E-state index contributed by atoms with van der Waals surface area (Å²) in [6.07, 6.45) is 3.40. The van der Waals surface area contributed by atoms with Gasteiger partial charge in [-0.05, 0) is 29.8 Å². The smallest absolute Gasteiger partial charge is 0.253 e. The fourth-order valence-electron chi connectivity index (χ4n) is 3.01. The van der Waals surface area contributed by atoms with Gasteiger partial charge in [-0.1, -0.05) is 42.5 Å². The minimum Gasteiger partial charge on any atom is -0.340 e. The van der Waals surface area contributed by atoms with Crippen LogP contribution in [0.25, 0.3) is 11.0 Å². The first-order chi connectivity index (χ1) is 14.2. The normalized spacial score (nSPS) is 11.7. The Labute approximate surface area is 167 Å². The van der Waals surface area contributed by atoms with Crippen molar-refractivity contribution in [1.29, 1.82) is 0 Å². The Bertz CT molecular complexity index is 1090. The van der Waals surface area contributed by atoms with E-state index in [9.17, 15) is 9.59 Å². The van der Waals surface area contributed by atoms with Gasteiger partial charge in [0, 0.05) is 18.8 Å². The molecule has 4 aromatic rings. The number of hydrogen-bond acceptors (Lipinski definition) is 4. The second-order valence-corrected chi connectivity index (χ2v) is 6.55. The van der Waals surface area contributed by atoms with Crippen LogP contribution < -0.4 is 10.6 Å². The molecule has 0 aliphatic heterocycles. The molecule has 2 aromatic heterocycles. The van der Waals surface area contributed by atoms with Crippen molar-refractivity contribution < 1.29 is 9.59 Å². The van der Waals surface area contributed by atoms with Gasteiger partial charge < -0.3 is 10.3 Å². The van der Waals surface area contributed by atoms with Crippen molar-refractivity contribution in [2.24, 2.45) is 0 Å². The lowest BCUT2D eigenvalue weighted by atomic mass is 10.0. The first-order valence-corrected chi connectivity index (χ1v) is 9.19. The van der Waals surface area contributed by atoms with Crippen LogP contribution in [-0.2, 0) is 11.2 Å². The summed E-state index contributed by atoms with van der Waals surface area (Å²) in [5.74, 6) is -0.381. The van der Waals surface area contributed by atoms with Crippen LogP contribution in [0.5, 0.6) is 0 Å². The fraction of sp³-hybridized carbons (Fsp3) is 0.0909. The molecule has 2 heterocycles. The molecule has 0 aliphatic rings. The first-order valence-electron chi connectivity index (χ1n) is 9.19. The van der Waals surface area contributed by atoms with Gasteiger partial charge in [0.25, 0.3) is 5.91 Å². The zero-order chi connectivity index (χ0) is 20.1. The lowest BCUT2D eigenvalue weighted by Gasteiger charge is -2.18. The van der Waals surface area contributed by atoms with E-state index in [-0.39, 0.29) is 11.8 Å². The number of carbonyl (C=O) groups is 2. The number of fused-ring (bicyclic) bond motifs is 1. The molecule has 2 amide bonds. The van der Waals surface area contributed by atoms with Gasteiger partial charge in [0.05, 0.1) is 16.6 Å². The van der Waals surface area contributed by atoms with Crippen LogP contribution in [0.15, 0.2) is 79.1 Å². The molecule has 0 radical (unpaired) electrons. The Kier molecular flexibility index (Phi) is 5.29. The quantitative estimate of drug-likeness (QED) is 0.475. The summed E-state index contributed by atoms with van der Waals surface area (Å²) in [4.78, 5) is 36.9. The minimum absolute atomic E-state index is 0.338. The molecule has 0 saturated heterocycles.